The molecule has 1 aromatic heterocycles. The average molecular weight is 205 g/mol. The summed E-state index contributed by atoms with van der Waals surface area (Å²) in [6.07, 6.45) is 0. The van der Waals surface area contributed by atoms with Gasteiger partial charge in [0.1, 0.15) is 0 Å². The monoisotopic (exact) mass is 205 g/mol. The number of aryl methyl sites for hydroxylation is 2. The summed E-state index contributed by atoms with van der Waals surface area (Å²) >= 11 is 0. The van der Waals surface area contributed by atoms with Crippen molar-refractivity contribution in [3.63, 3.8) is 0 Å². The van der Waals surface area contributed by atoms with Crippen LogP contribution in [0, 0.1) is 6.92 Å². The predicted molar refractivity (Wildman–Crippen MR) is 43.8 cm³/mol. The number of nitrogen functional groups attached to an aromatic ring is 1. The second-order valence-corrected chi connectivity index (χ2v) is 2.64. The number of hydrogen-bond acceptors (Lipinski definition) is 4. The van der Waals surface area contributed by atoms with Crippen LogP contribution in [0.15, 0.2) is 0 Å². The van der Waals surface area contributed by atoms with Crippen molar-refractivity contribution in [3.8, 4) is 0 Å². The highest BCUT2D eigenvalue weighted by atomic mass is 19.3. The number of esters is 1. The molecular formula is C7H9F2N3O2. The number of nitrogens with zero attached hydrogens (tertiary/aromatic N) is 2. The van der Waals surface area contributed by atoms with Crippen LogP contribution in [0.4, 0.5) is 14.5 Å². The number of hydrogen-bond donors (Lipinski definition) is 1. The quantitative estimate of drug-likeness (QED) is 0.721. The predicted octanol–water partition coefficient (Wildman–Crippen LogP) is 0.690. The number of carbonyl (C=O) groups excluding carboxylic acids is 1. The topological polar surface area (TPSA) is 70.1 Å². The first-order valence-corrected chi connectivity index (χ1v) is 3.71. The lowest BCUT2D eigenvalue weighted by Gasteiger charge is -2.03. The molecule has 0 amide bonds. The fourth-order valence-electron chi connectivity index (χ4n) is 1.05. The van der Waals surface area contributed by atoms with Gasteiger partial charge < -0.3 is 10.5 Å². The van der Waals surface area contributed by atoms with Crippen LogP contribution >= 0.6 is 0 Å². The van der Waals surface area contributed by atoms with Gasteiger partial charge in [-0.1, -0.05) is 0 Å². The second kappa shape index (κ2) is 3.60. The van der Waals surface area contributed by atoms with E-state index in [1.54, 1.807) is 6.92 Å². The van der Waals surface area contributed by atoms with Crippen molar-refractivity contribution in [2.24, 2.45) is 7.05 Å². The number of halogens is 2. The first-order chi connectivity index (χ1) is 6.43. The summed E-state index contributed by atoms with van der Waals surface area (Å²) in [7, 11) is 1.42. The first kappa shape index (κ1) is 10.4. The molecule has 0 fully saturated rings. The van der Waals surface area contributed by atoms with Gasteiger partial charge in [-0.3, -0.25) is 4.68 Å². The smallest absolute Gasteiger partial charge is 0.389 e. The van der Waals surface area contributed by atoms with Gasteiger partial charge in [-0.2, -0.15) is 13.9 Å². The van der Waals surface area contributed by atoms with E-state index >= 15 is 0 Å². The molecule has 0 aliphatic heterocycles. The van der Waals surface area contributed by atoms with E-state index in [1.807, 2.05) is 0 Å². The van der Waals surface area contributed by atoms with Gasteiger partial charge >= 0.3 is 12.6 Å². The van der Waals surface area contributed by atoms with Gasteiger partial charge in [0.25, 0.3) is 0 Å². The van der Waals surface area contributed by atoms with Crippen LogP contribution < -0.4 is 5.73 Å². The Labute approximate surface area is 78.4 Å². The standard InChI is InChI=1S/C7H9F2N3O2/c1-3-4(10)5(12(2)11-3)6(13)14-7(8)9/h7H,10H2,1-2H3. The van der Waals surface area contributed by atoms with Crippen molar-refractivity contribution < 1.29 is 18.3 Å². The Bertz CT molecular complexity index is 362. The van der Waals surface area contributed by atoms with E-state index in [9.17, 15) is 13.6 Å². The number of nitrogens with two attached hydrogens (primary N) is 1. The van der Waals surface area contributed by atoms with Gasteiger partial charge in [0.2, 0.25) is 0 Å². The van der Waals surface area contributed by atoms with Gasteiger partial charge in [0, 0.05) is 7.05 Å². The minimum absolute atomic E-state index is 0.0538. The Balaban J connectivity index is 3.00. The molecule has 0 bridgehead atoms. The maximum absolute atomic E-state index is 11.7. The Morgan fingerprint density at radius 3 is 2.57 bits per heavy atom. The zero-order valence-corrected chi connectivity index (χ0v) is 7.62. The lowest BCUT2D eigenvalue weighted by Crippen LogP contribution is -2.15. The van der Waals surface area contributed by atoms with Gasteiger partial charge in [0.05, 0.1) is 11.4 Å². The molecule has 0 atom stereocenters. The highest BCUT2D eigenvalue weighted by Gasteiger charge is 2.22. The summed E-state index contributed by atoms with van der Waals surface area (Å²) < 4.78 is 28.3. The van der Waals surface area contributed by atoms with Gasteiger partial charge in [-0.05, 0) is 6.92 Å². The van der Waals surface area contributed by atoms with Crippen LogP contribution in [-0.2, 0) is 11.8 Å². The third-order valence-electron chi connectivity index (χ3n) is 1.66. The zero-order chi connectivity index (χ0) is 10.9. The van der Waals surface area contributed by atoms with Gasteiger partial charge in [0.15, 0.2) is 5.69 Å². The summed E-state index contributed by atoms with van der Waals surface area (Å²) in [4.78, 5) is 11.1. The summed E-state index contributed by atoms with van der Waals surface area (Å²) in [6, 6.07) is 0. The van der Waals surface area contributed by atoms with E-state index < -0.39 is 12.6 Å². The Morgan fingerprint density at radius 1 is 1.64 bits per heavy atom. The zero-order valence-electron chi connectivity index (χ0n) is 7.62. The molecule has 0 saturated heterocycles. The van der Waals surface area contributed by atoms with E-state index in [0.717, 1.165) is 4.68 Å². The molecule has 5 nitrogen and oxygen atoms in total. The Morgan fingerprint density at radius 2 is 2.21 bits per heavy atom. The first-order valence-electron chi connectivity index (χ1n) is 3.71. The molecule has 0 aliphatic rings. The molecule has 2 N–H and O–H groups in total. The maximum Gasteiger partial charge on any atom is 0.389 e. The van der Waals surface area contributed by atoms with E-state index in [1.165, 1.54) is 7.05 Å². The van der Waals surface area contributed by atoms with E-state index in [2.05, 4.69) is 9.84 Å². The summed E-state index contributed by atoms with van der Waals surface area (Å²) in [5.74, 6) is -1.18. The lowest BCUT2D eigenvalue weighted by atomic mass is 10.3. The van der Waals surface area contributed by atoms with Gasteiger partial charge in [-0.25, -0.2) is 4.79 Å². The molecular weight excluding hydrogens is 196 g/mol. The van der Waals surface area contributed by atoms with E-state index in [-0.39, 0.29) is 11.4 Å². The van der Waals surface area contributed by atoms with Gasteiger partial charge in [-0.15, -0.1) is 0 Å². The fraction of sp³-hybridized carbons (Fsp3) is 0.429. The highest BCUT2D eigenvalue weighted by molar-refractivity contribution is 5.93. The molecule has 0 aliphatic carbocycles. The van der Waals surface area contributed by atoms with Crippen molar-refractivity contribution >= 4 is 11.7 Å². The molecule has 0 unspecified atom stereocenters. The van der Waals surface area contributed by atoms with Crippen LogP contribution in [0.5, 0.6) is 0 Å². The van der Waals surface area contributed by atoms with Crippen molar-refractivity contribution in [2.45, 2.75) is 13.5 Å². The van der Waals surface area contributed by atoms with Crippen molar-refractivity contribution in [1.82, 2.24) is 9.78 Å². The van der Waals surface area contributed by atoms with Crippen LogP contribution in [0.1, 0.15) is 16.2 Å². The normalized spacial score (nSPS) is 10.6. The Hall–Kier alpha value is -1.66. The van der Waals surface area contributed by atoms with Crippen LogP contribution in [0.3, 0.4) is 0 Å². The number of aromatic nitrogens is 2. The third-order valence-corrected chi connectivity index (χ3v) is 1.66. The SMILES string of the molecule is Cc1nn(C)c(C(=O)OC(F)F)c1N. The van der Waals surface area contributed by atoms with Crippen LogP contribution in [0.2, 0.25) is 0 Å². The average Bonchev–Trinajstić information content (AvgIpc) is 2.25. The fourth-order valence-corrected chi connectivity index (χ4v) is 1.05. The van der Waals surface area contributed by atoms with Crippen molar-refractivity contribution in [1.29, 1.82) is 0 Å². The second-order valence-electron chi connectivity index (χ2n) is 2.64. The van der Waals surface area contributed by atoms with Crippen molar-refractivity contribution in [3.05, 3.63) is 11.4 Å². The molecule has 0 aromatic carbocycles. The minimum atomic E-state index is -3.16. The molecule has 7 heteroatoms. The molecule has 0 radical (unpaired) electrons. The van der Waals surface area contributed by atoms with Crippen LogP contribution in [0.25, 0.3) is 0 Å². The maximum atomic E-state index is 11.7. The minimum Gasteiger partial charge on any atom is -0.398 e. The van der Waals surface area contributed by atoms with Crippen molar-refractivity contribution in [2.75, 3.05) is 5.73 Å². The summed E-state index contributed by atoms with van der Waals surface area (Å²) in [5, 5.41) is 3.78. The number of alkyl halides is 2. The molecule has 0 spiro atoms. The third kappa shape index (κ3) is 1.81. The highest BCUT2D eigenvalue weighted by Crippen LogP contribution is 2.17. The summed E-state index contributed by atoms with van der Waals surface area (Å²) in [6.45, 7) is -1.59. The molecule has 1 aromatic rings. The van der Waals surface area contributed by atoms with E-state index in [0.29, 0.717) is 5.69 Å². The Kier molecular flexibility index (Phi) is 2.68. The largest absolute Gasteiger partial charge is 0.398 e. The lowest BCUT2D eigenvalue weighted by molar-refractivity contribution is -0.0911. The number of anilines is 1. The molecule has 1 heterocycles. The molecule has 78 valence electrons. The number of carbonyl (C=O) groups is 1. The molecule has 14 heavy (non-hydrogen) atoms. The molecule has 0 saturated carbocycles. The molecule has 1 rings (SSSR count). The van der Waals surface area contributed by atoms with Crippen LogP contribution in [-0.4, -0.2) is 22.4 Å². The number of ether oxygens (including phenoxy) is 1. The number of rotatable bonds is 2. The van der Waals surface area contributed by atoms with E-state index in [4.69, 9.17) is 5.73 Å². The summed E-state index contributed by atoms with van der Waals surface area (Å²) in [5.41, 5.74) is 5.74.